The second-order valence-electron chi connectivity index (χ2n) is 6.32. The minimum atomic E-state index is 0.0369. The molecule has 1 aromatic carbocycles. The zero-order chi connectivity index (χ0) is 18.1. The first-order chi connectivity index (χ1) is 12.6. The number of likely N-dealkylation sites (tertiary alicyclic amines) is 1. The van der Waals surface area contributed by atoms with Gasteiger partial charge in [-0.3, -0.25) is 14.5 Å². The highest BCUT2D eigenvalue weighted by Crippen LogP contribution is 2.31. The number of aromatic nitrogens is 4. The van der Waals surface area contributed by atoms with Crippen molar-refractivity contribution < 1.29 is 4.79 Å². The average molecular weight is 388 g/mol. The molecule has 1 aliphatic rings. The molecule has 1 amide bonds. The Balaban J connectivity index is 1.59. The number of rotatable bonds is 4. The number of carbonyl (C=O) groups is 1. The van der Waals surface area contributed by atoms with Crippen molar-refractivity contribution in [1.29, 1.82) is 0 Å². The van der Waals surface area contributed by atoms with Crippen LogP contribution in [0, 0.1) is 4.77 Å². The largest absolute Gasteiger partial charge is 0.363 e. The Hall–Kier alpha value is -2.38. The van der Waals surface area contributed by atoms with E-state index in [1.54, 1.807) is 16.7 Å². The highest BCUT2D eigenvalue weighted by Gasteiger charge is 2.31. The van der Waals surface area contributed by atoms with Crippen LogP contribution in [0.1, 0.15) is 24.6 Å². The molecule has 1 saturated heterocycles. The van der Waals surface area contributed by atoms with Crippen molar-refractivity contribution in [3.63, 3.8) is 0 Å². The smallest absolute Gasteiger partial charge is 0.243 e. The van der Waals surface area contributed by atoms with Gasteiger partial charge in [0.2, 0.25) is 5.91 Å². The summed E-state index contributed by atoms with van der Waals surface area (Å²) in [5.41, 5.74) is 1.93. The summed E-state index contributed by atoms with van der Waals surface area (Å²) in [4.78, 5) is 18.1. The first-order valence-electron chi connectivity index (χ1n) is 8.47. The number of halogens is 1. The van der Waals surface area contributed by atoms with Crippen LogP contribution in [-0.2, 0) is 11.3 Å². The molecule has 1 unspecified atom stereocenters. The van der Waals surface area contributed by atoms with Gasteiger partial charge < -0.3 is 9.88 Å². The van der Waals surface area contributed by atoms with Crippen LogP contribution in [0.15, 0.2) is 42.6 Å². The van der Waals surface area contributed by atoms with Gasteiger partial charge in [0.05, 0.1) is 6.04 Å². The molecule has 0 radical (unpaired) electrons. The predicted molar refractivity (Wildman–Crippen MR) is 102 cm³/mol. The van der Waals surface area contributed by atoms with E-state index in [2.05, 4.69) is 15.2 Å². The van der Waals surface area contributed by atoms with Crippen molar-refractivity contribution in [3.8, 4) is 11.4 Å². The van der Waals surface area contributed by atoms with Gasteiger partial charge in [-0.2, -0.15) is 5.10 Å². The molecule has 1 aliphatic heterocycles. The van der Waals surface area contributed by atoms with E-state index in [1.807, 2.05) is 35.4 Å². The van der Waals surface area contributed by atoms with Gasteiger partial charge in [-0.15, -0.1) is 0 Å². The van der Waals surface area contributed by atoms with E-state index in [0.717, 1.165) is 30.6 Å². The topological polar surface area (TPSA) is 69.7 Å². The number of benzene rings is 1. The van der Waals surface area contributed by atoms with E-state index in [4.69, 9.17) is 23.8 Å². The fourth-order valence-electron chi connectivity index (χ4n) is 3.45. The summed E-state index contributed by atoms with van der Waals surface area (Å²) in [5, 5.41) is 7.73. The molecule has 134 valence electrons. The van der Waals surface area contributed by atoms with Crippen LogP contribution in [0.5, 0.6) is 0 Å². The Morgan fingerprint density at radius 2 is 2.12 bits per heavy atom. The van der Waals surface area contributed by atoms with Gasteiger partial charge in [-0.1, -0.05) is 11.6 Å². The molecule has 3 aromatic rings. The molecule has 3 heterocycles. The number of carbonyl (C=O) groups excluding carboxylic acids is 1. The lowest BCUT2D eigenvalue weighted by atomic mass is 10.1. The highest BCUT2D eigenvalue weighted by molar-refractivity contribution is 7.71. The van der Waals surface area contributed by atoms with Gasteiger partial charge in [-0.25, -0.2) is 0 Å². The summed E-state index contributed by atoms with van der Waals surface area (Å²) in [5.74, 6) is 0.672. The van der Waals surface area contributed by atoms with Crippen molar-refractivity contribution in [1.82, 2.24) is 24.6 Å². The summed E-state index contributed by atoms with van der Waals surface area (Å²) >= 11 is 11.3. The predicted octanol–water partition coefficient (Wildman–Crippen LogP) is 3.95. The Bertz CT molecular complexity index is 960. The second kappa shape index (κ2) is 7.09. The Kier molecular flexibility index (Phi) is 4.65. The molecule has 1 fully saturated rings. The van der Waals surface area contributed by atoms with Gasteiger partial charge in [0.15, 0.2) is 10.6 Å². The van der Waals surface area contributed by atoms with E-state index in [9.17, 15) is 4.79 Å². The van der Waals surface area contributed by atoms with E-state index in [-0.39, 0.29) is 18.5 Å². The Morgan fingerprint density at radius 3 is 2.85 bits per heavy atom. The third-order valence-corrected chi connectivity index (χ3v) is 5.27. The molecule has 0 spiro atoms. The summed E-state index contributed by atoms with van der Waals surface area (Å²) in [6.45, 7) is 0.911. The molecule has 0 saturated carbocycles. The molecule has 1 atom stereocenters. The first-order valence-corrected chi connectivity index (χ1v) is 9.26. The maximum atomic E-state index is 13.0. The van der Waals surface area contributed by atoms with Crippen LogP contribution in [-0.4, -0.2) is 37.1 Å². The molecule has 26 heavy (non-hydrogen) atoms. The number of aromatic amines is 2. The summed E-state index contributed by atoms with van der Waals surface area (Å²) in [6, 6.07) is 11.4. The van der Waals surface area contributed by atoms with Crippen LogP contribution in [0.25, 0.3) is 11.4 Å². The Labute approximate surface area is 160 Å². The van der Waals surface area contributed by atoms with Crippen molar-refractivity contribution in [3.05, 3.63) is 58.1 Å². The molecule has 8 heteroatoms. The molecule has 2 aromatic heterocycles. The van der Waals surface area contributed by atoms with Crippen molar-refractivity contribution in [2.45, 2.75) is 25.4 Å². The molecule has 4 rings (SSSR count). The van der Waals surface area contributed by atoms with Crippen LogP contribution in [0.4, 0.5) is 0 Å². The van der Waals surface area contributed by atoms with E-state index in [1.165, 1.54) is 0 Å². The molecular weight excluding hydrogens is 370 g/mol. The van der Waals surface area contributed by atoms with E-state index >= 15 is 0 Å². The van der Waals surface area contributed by atoms with Gasteiger partial charge in [0.1, 0.15) is 6.54 Å². The number of H-pyrrole nitrogens is 2. The van der Waals surface area contributed by atoms with Gasteiger partial charge in [0, 0.05) is 29.0 Å². The number of nitrogens with one attached hydrogen (secondary N) is 2. The maximum Gasteiger partial charge on any atom is 0.243 e. The standard InChI is InChI=1S/C18H18ClN5OS/c19-13-7-5-12(6-8-13)17-21-22-18(26)24(17)11-16(25)23-10-2-4-15(23)14-3-1-9-20-14/h1,3,5-9,15,20H,2,4,10-11H2,(H,22,26). The molecular formula is C18H18ClN5OS. The normalized spacial score (nSPS) is 17.0. The second-order valence-corrected chi connectivity index (χ2v) is 7.14. The molecule has 0 bridgehead atoms. The first kappa shape index (κ1) is 17.1. The number of hydrogen-bond donors (Lipinski definition) is 2. The van der Waals surface area contributed by atoms with Crippen LogP contribution in [0.3, 0.4) is 0 Å². The van der Waals surface area contributed by atoms with Crippen molar-refractivity contribution in [2.75, 3.05) is 6.54 Å². The number of hydrogen-bond acceptors (Lipinski definition) is 3. The number of amides is 1. The SMILES string of the molecule is O=C(Cn1c(-c2ccc(Cl)cc2)n[nH]c1=S)N1CCCC1c1ccc[nH]1. The average Bonchev–Trinajstić information content (AvgIpc) is 3.37. The zero-order valence-electron chi connectivity index (χ0n) is 14.0. The van der Waals surface area contributed by atoms with Gasteiger partial charge in [0.25, 0.3) is 0 Å². The molecule has 6 nitrogen and oxygen atoms in total. The summed E-state index contributed by atoms with van der Waals surface area (Å²) in [6.07, 6.45) is 3.85. The lowest BCUT2D eigenvalue weighted by Gasteiger charge is -2.24. The van der Waals surface area contributed by atoms with Gasteiger partial charge >= 0.3 is 0 Å². The monoisotopic (exact) mass is 387 g/mol. The minimum absolute atomic E-state index is 0.0369. The Morgan fingerprint density at radius 1 is 1.31 bits per heavy atom. The fraction of sp³-hybridized carbons (Fsp3) is 0.278. The van der Waals surface area contributed by atoms with Gasteiger partial charge in [-0.05, 0) is 61.5 Å². The molecule has 0 aliphatic carbocycles. The number of nitrogens with zero attached hydrogens (tertiary/aromatic N) is 3. The zero-order valence-corrected chi connectivity index (χ0v) is 15.6. The maximum absolute atomic E-state index is 13.0. The van der Waals surface area contributed by atoms with E-state index < -0.39 is 0 Å². The van der Waals surface area contributed by atoms with Crippen molar-refractivity contribution >= 4 is 29.7 Å². The molecule has 2 N–H and O–H groups in total. The quantitative estimate of drug-likeness (QED) is 0.666. The lowest BCUT2D eigenvalue weighted by molar-refractivity contribution is -0.132. The van der Waals surface area contributed by atoms with Crippen molar-refractivity contribution in [2.24, 2.45) is 0 Å². The fourth-order valence-corrected chi connectivity index (χ4v) is 3.77. The third-order valence-electron chi connectivity index (χ3n) is 4.71. The van der Waals surface area contributed by atoms with E-state index in [0.29, 0.717) is 15.6 Å². The third kappa shape index (κ3) is 3.20. The summed E-state index contributed by atoms with van der Waals surface area (Å²) < 4.78 is 2.17. The van der Waals surface area contributed by atoms with Crippen LogP contribution in [0.2, 0.25) is 5.02 Å². The highest BCUT2D eigenvalue weighted by atomic mass is 35.5. The van der Waals surface area contributed by atoms with Crippen LogP contribution < -0.4 is 0 Å². The minimum Gasteiger partial charge on any atom is -0.363 e. The summed E-state index contributed by atoms with van der Waals surface area (Å²) in [7, 11) is 0. The lowest BCUT2D eigenvalue weighted by Crippen LogP contribution is -2.33. The van der Waals surface area contributed by atoms with Crippen LogP contribution >= 0.6 is 23.8 Å².